The molecule has 2 aromatic rings. The maximum absolute atomic E-state index is 11.5. The highest BCUT2D eigenvalue weighted by Gasteiger charge is 2.04. The maximum Gasteiger partial charge on any atom is 0.226 e. The minimum Gasteiger partial charge on any atom is -0.352 e. The van der Waals surface area contributed by atoms with Gasteiger partial charge in [0.05, 0.1) is 17.6 Å². The van der Waals surface area contributed by atoms with Crippen LogP contribution in [0.25, 0.3) is 0 Å². The second-order valence-corrected chi connectivity index (χ2v) is 4.01. The summed E-state index contributed by atoms with van der Waals surface area (Å²) in [4.78, 5) is 19.5. The fourth-order valence-corrected chi connectivity index (χ4v) is 1.81. The van der Waals surface area contributed by atoms with Gasteiger partial charge in [0.15, 0.2) is 0 Å². The average molecular weight is 233 g/mol. The molecule has 0 aliphatic heterocycles. The Balaban J connectivity index is 1.80. The number of pyridine rings is 1. The number of aromatic nitrogens is 2. The van der Waals surface area contributed by atoms with Crippen LogP contribution in [0.15, 0.2) is 35.4 Å². The zero-order valence-corrected chi connectivity index (χ0v) is 9.41. The molecule has 16 heavy (non-hydrogen) atoms. The monoisotopic (exact) mass is 233 g/mol. The lowest BCUT2D eigenvalue weighted by Gasteiger charge is -2.03. The predicted octanol–water partition coefficient (Wildman–Crippen LogP) is 1.40. The Kier molecular flexibility index (Phi) is 3.61. The number of thiazole rings is 1. The van der Waals surface area contributed by atoms with Gasteiger partial charge in [-0.05, 0) is 11.6 Å². The number of amides is 1. The summed E-state index contributed by atoms with van der Waals surface area (Å²) in [6, 6.07) is 3.78. The molecule has 1 amide bonds. The highest BCUT2D eigenvalue weighted by atomic mass is 32.1. The van der Waals surface area contributed by atoms with Gasteiger partial charge in [-0.2, -0.15) is 0 Å². The number of rotatable bonds is 4. The molecular formula is C11H11N3OS. The van der Waals surface area contributed by atoms with Crippen molar-refractivity contribution in [1.82, 2.24) is 15.3 Å². The summed E-state index contributed by atoms with van der Waals surface area (Å²) in [5, 5.41) is 4.70. The fourth-order valence-electron chi connectivity index (χ4n) is 1.26. The molecule has 4 nitrogen and oxygen atoms in total. The normalized spacial score (nSPS) is 10.0. The van der Waals surface area contributed by atoms with Crippen LogP contribution in [0.5, 0.6) is 0 Å². The number of hydrogen-bond acceptors (Lipinski definition) is 4. The quantitative estimate of drug-likeness (QED) is 0.868. The Morgan fingerprint density at radius 3 is 3.12 bits per heavy atom. The van der Waals surface area contributed by atoms with Crippen LogP contribution in [0, 0.1) is 0 Å². The SMILES string of the molecule is O=C(Cc1cscn1)NCc1cccnc1. The van der Waals surface area contributed by atoms with Gasteiger partial charge < -0.3 is 5.32 Å². The van der Waals surface area contributed by atoms with Crippen molar-refractivity contribution in [2.24, 2.45) is 0 Å². The second kappa shape index (κ2) is 5.37. The van der Waals surface area contributed by atoms with Crippen molar-refractivity contribution < 1.29 is 4.79 Å². The zero-order chi connectivity index (χ0) is 11.2. The number of nitrogens with zero attached hydrogens (tertiary/aromatic N) is 2. The minimum atomic E-state index is -0.0187. The maximum atomic E-state index is 11.5. The Morgan fingerprint density at radius 2 is 2.44 bits per heavy atom. The molecule has 0 spiro atoms. The molecule has 0 fully saturated rings. The van der Waals surface area contributed by atoms with Crippen LogP contribution in [-0.2, 0) is 17.8 Å². The van der Waals surface area contributed by atoms with E-state index in [2.05, 4.69) is 15.3 Å². The molecule has 0 aromatic carbocycles. The lowest BCUT2D eigenvalue weighted by molar-refractivity contribution is -0.120. The van der Waals surface area contributed by atoms with Crippen molar-refractivity contribution in [3.8, 4) is 0 Å². The molecule has 2 aromatic heterocycles. The van der Waals surface area contributed by atoms with E-state index in [-0.39, 0.29) is 5.91 Å². The molecule has 0 aliphatic carbocycles. The van der Waals surface area contributed by atoms with Crippen LogP contribution in [0.4, 0.5) is 0 Å². The van der Waals surface area contributed by atoms with Crippen molar-refractivity contribution in [2.75, 3.05) is 0 Å². The third-order valence-electron chi connectivity index (χ3n) is 2.04. The standard InChI is InChI=1S/C11H11N3OS/c15-11(4-10-7-16-8-14-10)13-6-9-2-1-3-12-5-9/h1-3,5,7-8H,4,6H2,(H,13,15). The largest absolute Gasteiger partial charge is 0.352 e. The Hall–Kier alpha value is -1.75. The molecule has 0 bridgehead atoms. The first kappa shape index (κ1) is 10.8. The first-order valence-corrected chi connectivity index (χ1v) is 5.81. The van der Waals surface area contributed by atoms with Gasteiger partial charge in [0, 0.05) is 24.3 Å². The molecular weight excluding hydrogens is 222 g/mol. The smallest absolute Gasteiger partial charge is 0.226 e. The van der Waals surface area contributed by atoms with Crippen LogP contribution in [0.1, 0.15) is 11.3 Å². The van der Waals surface area contributed by atoms with Crippen molar-refractivity contribution in [1.29, 1.82) is 0 Å². The summed E-state index contributed by atoms with van der Waals surface area (Å²) >= 11 is 1.49. The highest BCUT2D eigenvalue weighted by molar-refractivity contribution is 7.07. The number of hydrogen-bond donors (Lipinski definition) is 1. The molecule has 0 saturated carbocycles. The van der Waals surface area contributed by atoms with Gasteiger partial charge in [0.25, 0.3) is 0 Å². The zero-order valence-electron chi connectivity index (χ0n) is 8.59. The lowest BCUT2D eigenvalue weighted by Crippen LogP contribution is -2.24. The Labute approximate surface area is 97.4 Å². The van der Waals surface area contributed by atoms with E-state index in [1.165, 1.54) is 11.3 Å². The van der Waals surface area contributed by atoms with Gasteiger partial charge in [0.2, 0.25) is 5.91 Å². The Bertz CT molecular complexity index is 442. The van der Waals surface area contributed by atoms with Gasteiger partial charge in [0.1, 0.15) is 0 Å². The van der Waals surface area contributed by atoms with Crippen LogP contribution in [0.3, 0.4) is 0 Å². The summed E-state index contributed by atoms with van der Waals surface area (Å²) in [7, 11) is 0. The molecule has 0 unspecified atom stereocenters. The molecule has 2 heterocycles. The summed E-state index contributed by atoms with van der Waals surface area (Å²) in [5.41, 5.74) is 3.53. The van der Waals surface area contributed by atoms with Crippen molar-refractivity contribution in [3.63, 3.8) is 0 Å². The average Bonchev–Trinajstić information content (AvgIpc) is 2.81. The van der Waals surface area contributed by atoms with Gasteiger partial charge >= 0.3 is 0 Å². The highest BCUT2D eigenvalue weighted by Crippen LogP contribution is 2.01. The number of carbonyl (C=O) groups excluding carboxylic acids is 1. The van der Waals surface area contributed by atoms with E-state index < -0.39 is 0 Å². The predicted molar refractivity (Wildman–Crippen MR) is 61.9 cm³/mol. The molecule has 0 aliphatic rings. The second-order valence-electron chi connectivity index (χ2n) is 3.29. The van der Waals surface area contributed by atoms with Crippen LogP contribution in [0.2, 0.25) is 0 Å². The molecule has 0 saturated heterocycles. The van der Waals surface area contributed by atoms with Crippen LogP contribution >= 0.6 is 11.3 Å². The molecule has 0 radical (unpaired) electrons. The molecule has 2 rings (SSSR count). The van der Waals surface area contributed by atoms with E-state index >= 15 is 0 Å². The molecule has 1 N–H and O–H groups in total. The third kappa shape index (κ3) is 3.13. The van der Waals surface area contributed by atoms with E-state index in [1.54, 1.807) is 17.9 Å². The minimum absolute atomic E-state index is 0.0187. The number of nitrogens with one attached hydrogen (secondary N) is 1. The first-order valence-electron chi connectivity index (χ1n) is 4.87. The summed E-state index contributed by atoms with van der Waals surface area (Å²) < 4.78 is 0. The van der Waals surface area contributed by atoms with Crippen LogP contribution < -0.4 is 5.32 Å². The van der Waals surface area contributed by atoms with Crippen LogP contribution in [-0.4, -0.2) is 15.9 Å². The van der Waals surface area contributed by atoms with E-state index in [1.807, 2.05) is 17.5 Å². The third-order valence-corrected chi connectivity index (χ3v) is 2.67. The molecule has 82 valence electrons. The van der Waals surface area contributed by atoms with Crippen molar-refractivity contribution >= 4 is 17.2 Å². The van der Waals surface area contributed by atoms with E-state index in [4.69, 9.17) is 0 Å². The van der Waals surface area contributed by atoms with E-state index in [9.17, 15) is 4.79 Å². The lowest BCUT2D eigenvalue weighted by atomic mass is 10.2. The molecule has 5 heteroatoms. The van der Waals surface area contributed by atoms with Gasteiger partial charge in [-0.1, -0.05) is 6.07 Å². The summed E-state index contributed by atoms with van der Waals surface area (Å²) in [5.74, 6) is -0.0187. The topological polar surface area (TPSA) is 54.9 Å². The first-order chi connectivity index (χ1) is 7.84. The van der Waals surface area contributed by atoms with Crippen molar-refractivity contribution in [2.45, 2.75) is 13.0 Å². The number of carbonyl (C=O) groups is 1. The van der Waals surface area contributed by atoms with Gasteiger partial charge in [-0.25, -0.2) is 4.98 Å². The van der Waals surface area contributed by atoms with Gasteiger partial charge in [-0.15, -0.1) is 11.3 Å². The van der Waals surface area contributed by atoms with E-state index in [0.29, 0.717) is 13.0 Å². The summed E-state index contributed by atoms with van der Waals surface area (Å²) in [6.45, 7) is 0.511. The Morgan fingerprint density at radius 1 is 1.50 bits per heavy atom. The van der Waals surface area contributed by atoms with Gasteiger partial charge in [-0.3, -0.25) is 9.78 Å². The summed E-state index contributed by atoms with van der Waals surface area (Å²) in [6.07, 6.45) is 3.79. The molecule has 0 atom stereocenters. The fraction of sp³-hybridized carbons (Fsp3) is 0.182. The van der Waals surface area contributed by atoms with E-state index in [0.717, 1.165) is 11.3 Å². The van der Waals surface area contributed by atoms with Crippen molar-refractivity contribution in [3.05, 3.63) is 46.7 Å².